The molecule has 1 aliphatic rings. The number of aromatic amines is 1. The summed E-state index contributed by atoms with van der Waals surface area (Å²) in [6.07, 6.45) is 11.1. The molecule has 3 aromatic rings. The average Bonchev–Trinajstić information content (AvgIpc) is 3.02. The number of pyridine rings is 1. The molecular formula is C25H21BN2O. The Kier molecular flexibility index (Phi) is 5.34. The van der Waals surface area contributed by atoms with Gasteiger partial charge in [-0.1, -0.05) is 84.9 Å². The van der Waals surface area contributed by atoms with Gasteiger partial charge in [0.2, 0.25) is 0 Å². The number of hydrogen-bond acceptors (Lipinski definition) is 2. The van der Waals surface area contributed by atoms with Crippen LogP contribution in [0.2, 0.25) is 0 Å². The Morgan fingerprint density at radius 3 is 2.79 bits per heavy atom. The van der Waals surface area contributed by atoms with Crippen LogP contribution in [0.1, 0.15) is 12.0 Å². The molecule has 4 rings (SSSR count). The number of allylic oxidation sites excluding steroid dienone is 5. The van der Waals surface area contributed by atoms with Gasteiger partial charge in [0.15, 0.2) is 0 Å². The molecule has 29 heavy (non-hydrogen) atoms. The molecule has 2 aromatic carbocycles. The maximum absolute atomic E-state index is 13.0. The van der Waals surface area contributed by atoms with E-state index in [1.165, 1.54) is 0 Å². The van der Waals surface area contributed by atoms with Crippen LogP contribution in [0, 0.1) is 0 Å². The number of H-pyrrole nitrogens is 1. The maximum Gasteiger partial charge on any atom is 0.254 e. The molecule has 2 N–H and O–H groups in total. The normalized spacial score (nSPS) is 13.2. The van der Waals surface area contributed by atoms with Gasteiger partial charge < -0.3 is 10.3 Å². The van der Waals surface area contributed by atoms with Gasteiger partial charge in [0, 0.05) is 34.3 Å². The highest BCUT2D eigenvalue weighted by molar-refractivity contribution is 6.33. The molecule has 3 nitrogen and oxygen atoms in total. The first-order valence-electron chi connectivity index (χ1n) is 9.60. The molecule has 0 saturated carbocycles. The fourth-order valence-electron chi connectivity index (χ4n) is 3.56. The van der Waals surface area contributed by atoms with Crippen LogP contribution in [-0.4, -0.2) is 12.8 Å². The summed E-state index contributed by atoms with van der Waals surface area (Å²) in [6, 6.07) is 15.5. The smallest absolute Gasteiger partial charge is 0.254 e. The van der Waals surface area contributed by atoms with E-state index in [4.69, 9.17) is 7.85 Å². The van der Waals surface area contributed by atoms with Crippen molar-refractivity contribution in [1.29, 1.82) is 0 Å². The van der Waals surface area contributed by atoms with E-state index in [1.807, 2.05) is 60.7 Å². The molecule has 1 heterocycles. The van der Waals surface area contributed by atoms with Crippen LogP contribution in [0.15, 0.2) is 102 Å². The van der Waals surface area contributed by atoms with Crippen LogP contribution in [-0.2, 0) is 6.54 Å². The third-order valence-electron chi connectivity index (χ3n) is 5.02. The van der Waals surface area contributed by atoms with Crippen molar-refractivity contribution in [3.63, 3.8) is 0 Å². The van der Waals surface area contributed by atoms with Gasteiger partial charge >= 0.3 is 0 Å². The van der Waals surface area contributed by atoms with Gasteiger partial charge in [0.1, 0.15) is 7.85 Å². The summed E-state index contributed by atoms with van der Waals surface area (Å²) in [5.74, 6) is 0. The van der Waals surface area contributed by atoms with Gasteiger partial charge in [-0.05, 0) is 23.6 Å². The second-order valence-electron chi connectivity index (χ2n) is 6.99. The summed E-state index contributed by atoms with van der Waals surface area (Å²) < 4.78 is 0. The molecule has 1 aromatic heterocycles. The molecule has 4 heteroatoms. The van der Waals surface area contributed by atoms with Crippen molar-refractivity contribution >= 4 is 24.2 Å². The zero-order valence-corrected chi connectivity index (χ0v) is 16.1. The monoisotopic (exact) mass is 376 g/mol. The Hall–Kier alpha value is -3.53. The fraction of sp³-hybridized carbons (Fsp3) is 0.0800. The van der Waals surface area contributed by atoms with Gasteiger partial charge in [-0.3, -0.25) is 4.79 Å². The van der Waals surface area contributed by atoms with Crippen molar-refractivity contribution in [2.24, 2.45) is 0 Å². The number of rotatable bonds is 5. The van der Waals surface area contributed by atoms with E-state index < -0.39 is 0 Å². The standard InChI is InChI=1S/C25H21BN2O/c1-17(18-9-5-2-3-6-10-18)27-16-22-24(19-11-7-4-8-12-19)21-15-20(26)13-14-23(21)28-25(22)29/h2-5,7-15,27H,1,6,16H2,(H,28,29). The number of fused-ring (bicyclic) bond motifs is 1. The summed E-state index contributed by atoms with van der Waals surface area (Å²) in [7, 11) is 6.05. The summed E-state index contributed by atoms with van der Waals surface area (Å²) in [5, 5.41) is 4.26. The number of aromatic nitrogens is 1. The second-order valence-corrected chi connectivity index (χ2v) is 6.99. The fourth-order valence-corrected chi connectivity index (χ4v) is 3.56. The molecule has 2 radical (unpaired) electrons. The average molecular weight is 376 g/mol. The molecule has 0 amide bonds. The zero-order chi connectivity index (χ0) is 20.2. The minimum Gasteiger partial charge on any atom is -0.381 e. The van der Waals surface area contributed by atoms with Crippen molar-refractivity contribution in [2.75, 3.05) is 0 Å². The number of hydrogen-bond donors (Lipinski definition) is 2. The molecule has 0 spiro atoms. The van der Waals surface area contributed by atoms with Crippen LogP contribution in [0.3, 0.4) is 0 Å². The van der Waals surface area contributed by atoms with Crippen LogP contribution < -0.4 is 16.3 Å². The lowest BCUT2D eigenvalue weighted by Gasteiger charge is -2.16. The molecule has 0 unspecified atom stereocenters. The SMILES string of the molecule is [B]c1ccc2[nH]c(=O)c(CNC(=C)C3=CCC=CC=C3)c(-c3ccccc3)c2c1. The third-order valence-corrected chi connectivity index (χ3v) is 5.02. The van der Waals surface area contributed by atoms with E-state index in [0.717, 1.165) is 39.7 Å². The van der Waals surface area contributed by atoms with Crippen molar-refractivity contribution in [3.05, 3.63) is 113 Å². The molecule has 0 saturated heterocycles. The van der Waals surface area contributed by atoms with Crippen LogP contribution >= 0.6 is 0 Å². The predicted molar refractivity (Wildman–Crippen MR) is 122 cm³/mol. The second kappa shape index (κ2) is 8.23. The van der Waals surface area contributed by atoms with E-state index in [0.29, 0.717) is 17.6 Å². The molecule has 1 aliphatic carbocycles. The van der Waals surface area contributed by atoms with Crippen LogP contribution in [0.5, 0.6) is 0 Å². The molecule has 0 bridgehead atoms. The Bertz CT molecular complexity index is 1220. The molecular weight excluding hydrogens is 355 g/mol. The van der Waals surface area contributed by atoms with Gasteiger partial charge in [-0.15, -0.1) is 0 Å². The lowest BCUT2D eigenvalue weighted by molar-refractivity contribution is 0.819. The molecule has 140 valence electrons. The van der Waals surface area contributed by atoms with Crippen LogP contribution in [0.25, 0.3) is 22.0 Å². The molecule has 0 fully saturated rings. The minimum absolute atomic E-state index is 0.117. The van der Waals surface area contributed by atoms with Crippen molar-refractivity contribution < 1.29 is 0 Å². The summed E-state index contributed by atoms with van der Waals surface area (Å²) in [4.78, 5) is 16.0. The quantitative estimate of drug-likeness (QED) is 0.661. The first-order chi connectivity index (χ1) is 14.1. The van der Waals surface area contributed by atoms with Gasteiger partial charge in [0.05, 0.1) is 0 Å². The lowest BCUT2D eigenvalue weighted by Crippen LogP contribution is -2.23. The Morgan fingerprint density at radius 1 is 1.14 bits per heavy atom. The van der Waals surface area contributed by atoms with Crippen molar-refractivity contribution in [1.82, 2.24) is 10.3 Å². The van der Waals surface area contributed by atoms with E-state index in [9.17, 15) is 4.79 Å². The summed E-state index contributed by atoms with van der Waals surface area (Å²) in [5.41, 5.74) is 5.66. The van der Waals surface area contributed by atoms with Crippen molar-refractivity contribution in [3.8, 4) is 11.1 Å². The zero-order valence-electron chi connectivity index (χ0n) is 16.1. The largest absolute Gasteiger partial charge is 0.381 e. The first kappa shape index (κ1) is 18.8. The maximum atomic E-state index is 13.0. The Labute approximate surface area is 171 Å². The minimum atomic E-state index is -0.117. The first-order valence-corrected chi connectivity index (χ1v) is 9.60. The summed E-state index contributed by atoms with van der Waals surface area (Å²) in [6.45, 7) is 4.52. The Balaban J connectivity index is 1.77. The Morgan fingerprint density at radius 2 is 1.97 bits per heavy atom. The van der Waals surface area contributed by atoms with Gasteiger partial charge in [-0.25, -0.2) is 0 Å². The highest BCUT2D eigenvalue weighted by atomic mass is 16.1. The highest BCUT2D eigenvalue weighted by Gasteiger charge is 2.15. The predicted octanol–water partition coefficient (Wildman–Crippen LogP) is 4.03. The topological polar surface area (TPSA) is 44.9 Å². The molecule has 0 atom stereocenters. The van der Waals surface area contributed by atoms with E-state index in [2.05, 4.69) is 29.0 Å². The lowest BCUT2D eigenvalue weighted by atomic mass is 9.90. The van der Waals surface area contributed by atoms with Gasteiger partial charge in [-0.2, -0.15) is 0 Å². The van der Waals surface area contributed by atoms with E-state index >= 15 is 0 Å². The highest BCUT2D eigenvalue weighted by Crippen LogP contribution is 2.29. The van der Waals surface area contributed by atoms with Crippen LogP contribution in [0.4, 0.5) is 0 Å². The van der Waals surface area contributed by atoms with E-state index in [1.54, 1.807) is 6.07 Å². The third kappa shape index (κ3) is 4.02. The molecule has 0 aliphatic heterocycles. The van der Waals surface area contributed by atoms with E-state index in [-0.39, 0.29) is 5.56 Å². The summed E-state index contributed by atoms with van der Waals surface area (Å²) >= 11 is 0. The number of benzene rings is 2. The van der Waals surface area contributed by atoms with Crippen molar-refractivity contribution in [2.45, 2.75) is 13.0 Å². The number of nitrogens with one attached hydrogen (secondary N) is 2. The van der Waals surface area contributed by atoms with Gasteiger partial charge in [0.25, 0.3) is 5.56 Å².